The van der Waals surface area contributed by atoms with E-state index >= 15 is 0 Å². The number of amides is 2. The van der Waals surface area contributed by atoms with Crippen LogP contribution in [0.15, 0.2) is 71.8 Å². The second-order valence-corrected chi connectivity index (χ2v) is 7.27. The van der Waals surface area contributed by atoms with Gasteiger partial charge < -0.3 is 10.1 Å². The molecule has 0 aromatic heterocycles. The van der Waals surface area contributed by atoms with Crippen molar-refractivity contribution >= 4 is 23.7 Å². The van der Waals surface area contributed by atoms with Crippen molar-refractivity contribution in [2.45, 2.75) is 27.4 Å². The van der Waals surface area contributed by atoms with Crippen LogP contribution >= 0.6 is 0 Å². The highest BCUT2D eigenvalue weighted by Gasteiger charge is 2.15. The molecule has 0 unspecified atom stereocenters. The quantitative estimate of drug-likeness (QED) is 0.358. The van der Waals surface area contributed by atoms with Crippen LogP contribution in [0.1, 0.15) is 27.8 Å². The van der Waals surface area contributed by atoms with Crippen molar-refractivity contribution in [2.75, 3.05) is 5.32 Å². The van der Waals surface area contributed by atoms with Crippen molar-refractivity contribution in [3.63, 3.8) is 0 Å². The first kappa shape index (κ1) is 21.8. The van der Waals surface area contributed by atoms with Crippen LogP contribution in [0.25, 0.3) is 0 Å². The van der Waals surface area contributed by atoms with Crippen LogP contribution in [0.4, 0.5) is 5.69 Å². The molecular weight excluding hydrogens is 390 g/mol. The summed E-state index contributed by atoms with van der Waals surface area (Å²) in [4.78, 5) is 24.2. The summed E-state index contributed by atoms with van der Waals surface area (Å²) in [5.41, 5.74) is 7.64. The number of nitrogens with zero attached hydrogens (tertiary/aromatic N) is 1. The third kappa shape index (κ3) is 6.27. The lowest BCUT2D eigenvalue weighted by Gasteiger charge is -2.12. The first-order chi connectivity index (χ1) is 14.9. The Morgan fingerprint density at radius 1 is 0.903 bits per heavy atom. The molecule has 6 heteroatoms. The van der Waals surface area contributed by atoms with Gasteiger partial charge in [-0.1, -0.05) is 48.0 Å². The number of hydrogen-bond acceptors (Lipinski definition) is 4. The van der Waals surface area contributed by atoms with Gasteiger partial charge in [0, 0.05) is 5.69 Å². The van der Waals surface area contributed by atoms with E-state index in [0.717, 1.165) is 33.6 Å². The Morgan fingerprint density at radius 3 is 2.19 bits per heavy atom. The van der Waals surface area contributed by atoms with Crippen molar-refractivity contribution in [1.29, 1.82) is 0 Å². The smallest absolute Gasteiger partial charge is 0.329 e. The van der Waals surface area contributed by atoms with Gasteiger partial charge in [0.15, 0.2) is 0 Å². The van der Waals surface area contributed by atoms with E-state index in [1.54, 1.807) is 0 Å². The van der Waals surface area contributed by atoms with Crippen molar-refractivity contribution in [3.8, 4) is 5.75 Å². The Kier molecular flexibility index (Phi) is 7.17. The molecule has 0 spiro atoms. The van der Waals surface area contributed by atoms with Crippen LogP contribution in [0, 0.1) is 20.8 Å². The van der Waals surface area contributed by atoms with E-state index in [2.05, 4.69) is 15.8 Å². The van der Waals surface area contributed by atoms with Gasteiger partial charge in [-0.05, 0) is 67.3 Å². The van der Waals surface area contributed by atoms with Gasteiger partial charge in [0.1, 0.15) is 12.4 Å². The molecule has 0 radical (unpaired) electrons. The first-order valence-electron chi connectivity index (χ1n) is 9.91. The average molecular weight is 415 g/mol. The summed E-state index contributed by atoms with van der Waals surface area (Å²) in [5, 5.41) is 6.51. The van der Waals surface area contributed by atoms with Crippen LogP contribution in [0.2, 0.25) is 0 Å². The highest BCUT2D eigenvalue weighted by atomic mass is 16.5. The Hall–Kier alpha value is -3.93. The molecule has 6 nitrogen and oxygen atoms in total. The maximum absolute atomic E-state index is 12.2. The average Bonchev–Trinajstić information content (AvgIpc) is 2.76. The molecule has 0 saturated carbocycles. The standard InChI is InChI=1S/C25H25N3O3/c1-17-13-18(2)23(19(3)14-17)27-24(29)25(30)28-26-15-20-9-11-22(12-10-20)31-16-21-7-5-4-6-8-21/h4-15H,16H2,1-3H3,(H,27,29)(H,28,30)/b26-15+. The Balaban J connectivity index is 1.50. The summed E-state index contributed by atoms with van der Waals surface area (Å²) in [7, 11) is 0. The fourth-order valence-electron chi connectivity index (χ4n) is 3.15. The molecule has 31 heavy (non-hydrogen) atoms. The summed E-state index contributed by atoms with van der Waals surface area (Å²) < 4.78 is 5.74. The Bertz CT molecular complexity index is 1070. The molecule has 0 aliphatic carbocycles. The monoisotopic (exact) mass is 415 g/mol. The predicted octanol–water partition coefficient (Wildman–Crippen LogP) is 4.28. The van der Waals surface area contributed by atoms with Crippen LogP contribution in [0.3, 0.4) is 0 Å². The molecule has 2 N–H and O–H groups in total. The Morgan fingerprint density at radius 2 is 1.55 bits per heavy atom. The van der Waals surface area contributed by atoms with Crippen LogP contribution < -0.4 is 15.5 Å². The third-order valence-electron chi connectivity index (χ3n) is 4.63. The first-order valence-corrected chi connectivity index (χ1v) is 9.91. The molecule has 0 atom stereocenters. The van der Waals surface area contributed by atoms with E-state index < -0.39 is 11.8 Å². The molecule has 2 amide bonds. The van der Waals surface area contributed by atoms with Crippen molar-refractivity contribution in [1.82, 2.24) is 5.43 Å². The molecule has 0 aliphatic heterocycles. The zero-order valence-electron chi connectivity index (χ0n) is 17.8. The number of benzene rings is 3. The number of ether oxygens (including phenoxy) is 1. The number of hydrazone groups is 1. The molecule has 3 rings (SSSR count). The van der Waals surface area contributed by atoms with E-state index in [-0.39, 0.29) is 0 Å². The zero-order valence-corrected chi connectivity index (χ0v) is 17.8. The number of nitrogens with one attached hydrogen (secondary N) is 2. The fraction of sp³-hybridized carbons (Fsp3) is 0.160. The van der Waals surface area contributed by atoms with Gasteiger partial charge in [0.25, 0.3) is 0 Å². The molecule has 0 fully saturated rings. The van der Waals surface area contributed by atoms with Crippen molar-refractivity contribution < 1.29 is 14.3 Å². The molecule has 158 valence electrons. The summed E-state index contributed by atoms with van der Waals surface area (Å²) >= 11 is 0. The van der Waals surface area contributed by atoms with Gasteiger partial charge in [-0.3, -0.25) is 9.59 Å². The largest absolute Gasteiger partial charge is 0.489 e. The van der Waals surface area contributed by atoms with Crippen molar-refractivity contribution in [2.24, 2.45) is 5.10 Å². The van der Waals surface area contributed by atoms with Gasteiger partial charge in [-0.15, -0.1) is 0 Å². The zero-order chi connectivity index (χ0) is 22.2. The number of hydrogen-bond donors (Lipinski definition) is 2. The minimum atomic E-state index is -0.835. The predicted molar refractivity (Wildman–Crippen MR) is 122 cm³/mol. The highest BCUT2D eigenvalue weighted by Crippen LogP contribution is 2.21. The number of carbonyl (C=O) groups is 2. The lowest BCUT2D eigenvalue weighted by atomic mass is 10.1. The maximum Gasteiger partial charge on any atom is 0.329 e. The second-order valence-electron chi connectivity index (χ2n) is 7.27. The lowest BCUT2D eigenvalue weighted by Crippen LogP contribution is -2.32. The van der Waals surface area contributed by atoms with E-state index in [1.165, 1.54) is 6.21 Å². The van der Waals surface area contributed by atoms with Crippen LogP contribution in [0.5, 0.6) is 5.75 Å². The van der Waals surface area contributed by atoms with E-state index in [9.17, 15) is 9.59 Å². The van der Waals surface area contributed by atoms with E-state index in [4.69, 9.17) is 4.74 Å². The van der Waals surface area contributed by atoms with Crippen molar-refractivity contribution in [3.05, 3.63) is 94.5 Å². The van der Waals surface area contributed by atoms with Gasteiger partial charge in [0.05, 0.1) is 6.21 Å². The van der Waals surface area contributed by atoms with Gasteiger partial charge >= 0.3 is 11.8 Å². The molecule has 3 aromatic rings. The molecule has 0 heterocycles. The molecule has 0 saturated heterocycles. The van der Waals surface area contributed by atoms with E-state index in [1.807, 2.05) is 87.5 Å². The number of anilines is 1. The van der Waals surface area contributed by atoms with Crippen LogP contribution in [-0.2, 0) is 16.2 Å². The summed E-state index contributed by atoms with van der Waals surface area (Å²) in [6.07, 6.45) is 1.47. The van der Waals surface area contributed by atoms with Gasteiger partial charge in [0.2, 0.25) is 0 Å². The number of rotatable bonds is 6. The minimum Gasteiger partial charge on any atom is -0.489 e. The molecule has 0 aliphatic rings. The van der Waals surface area contributed by atoms with E-state index in [0.29, 0.717) is 12.3 Å². The van der Waals surface area contributed by atoms with Crippen LogP contribution in [-0.4, -0.2) is 18.0 Å². The highest BCUT2D eigenvalue weighted by molar-refractivity contribution is 6.39. The summed E-state index contributed by atoms with van der Waals surface area (Å²) in [6, 6.07) is 21.1. The maximum atomic E-state index is 12.2. The Labute approximate surface area is 182 Å². The molecule has 0 bridgehead atoms. The summed E-state index contributed by atoms with van der Waals surface area (Å²) in [5.74, 6) is -0.872. The lowest BCUT2D eigenvalue weighted by molar-refractivity contribution is -0.136. The number of carbonyl (C=O) groups excluding carboxylic acids is 2. The van der Waals surface area contributed by atoms with Gasteiger partial charge in [-0.25, -0.2) is 5.43 Å². The van der Waals surface area contributed by atoms with Gasteiger partial charge in [-0.2, -0.15) is 5.10 Å². The third-order valence-corrected chi connectivity index (χ3v) is 4.63. The topological polar surface area (TPSA) is 79.8 Å². The molecular formula is C25H25N3O3. The second kappa shape index (κ2) is 10.2. The number of aryl methyl sites for hydroxylation is 3. The SMILES string of the molecule is Cc1cc(C)c(NC(=O)C(=O)N/N=C/c2ccc(OCc3ccccc3)cc2)c(C)c1. The normalized spacial score (nSPS) is 10.7. The molecule has 3 aromatic carbocycles. The fourth-order valence-corrected chi connectivity index (χ4v) is 3.15. The minimum absolute atomic E-state index is 0.485. The summed E-state index contributed by atoms with van der Waals surface area (Å²) in [6.45, 7) is 6.24.